The van der Waals surface area contributed by atoms with Crippen LogP contribution < -0.4 is 5.32 Å². The van der Waals surface area contributed by atoms with E-state index in [1.807, 2.05) is 0 Å². The molecule has 2 rings (SSSR count). The third kappa shape index (κ3) is 4.00. The van der Waals surface area contributed by atoms with Crippen LogP contribution in [0, 0.1) is 17.6 Å². The zero-order valence-corrected chi connectivity index (χ0v) is 11.9. The molecule has 0 aromatic heterocycles. The fourth-order valence-corrected chi connectivity index (χ4v) is 2.94. The highest BCUT2D eigenvalue weighted by atomic mass is 19.2. The molecule has 0 bridgehead atoms. The van der Waals surface area contributed by atoms with E-state index in [4.69, 9.17) is 0 Å². The number of rotatable bonds is 5. The molecule has 112 valence electrons. The first-order valence-corrected chi connectivity index (χ1v) is 7.44. The van der Waals surface area contributed by atoms with Gasteiger partial charge >= 0.3 is 0 Å². The summed E-state index contributed by atoms with van der Waals surface area (Å²) in [7, 11) is 0. The van der Waals surface area contributed by atoms with Crippen LogP contribution in [-0.4, -0.2) is 17.7 Å². The molecule has 1 unspecified atom stereocenters. The Morgan fingerprint density at radius 2 is 1.90 bits per heavy atom. The summed E-state index contributed by atoms with van der Waals surface area (Å²) >= 11 is 0. The van der Waals surface area contributed by atoms with Gasteiger partial charge in [-0.05, 0) is 43.4 Å². The van der Waals surface area contributed by atoms with Crippen molar-refractivity contribution in [2.24, 2.45) is 5.92 Å². The summed E-state index contributed by atoms with van der Waals surface area (Å²) < 4.78 is 26.0. The fourth-order valence-electron chi connectivity index (χ4n) is 2.94. The van der Waals surface area contributed by atoms with Crippen LogP contribution in [0.4, 0.5) is 8.78 Å². The molecule has 0 amide bonds. The van der Waals surface area contributed by atoms with Gasteiger partial charge in [0, 0.05) is 12.6 Å². The normalized spacial score (nSPS) is 19.8. The van der Waals surface area contributed by atoms with E-state index in [1.165, 1.54) is 38.2 Å². The molecule has 20 heavy (non-hydrogen) atoms. The van der Waals surface area contributed by atoms with Crippen LogP contribution in [0.3, 0.4) is 0 Å². The fraction of sp³-hybridized carbons (Fsp3) is 0.625. The Kier molecular flexibility index (Phi) is 5.49. The zero-order chi connectivity index (χ0) is 14.5. The van der Waals surface area contributed by atoms with Crippen LogP contribution in [-0.2, 0) is 0 Å². The Labute approximate surface area is 119 Å². The molecule has 0 spiro atoms. The molecule has 2 atom stereocenters. The average molecular weight is 283 g/mol. The number of benzene rings is 1. The number of aliphatic hydroxyl groups is 1. The summed E-state index contributed by atoms with van der Waals surface area (Å²) in [6, 6.07) is 3.89. The van der Waals surface area contributed by atoms with Gasteiger partial charge in [-0.25, -0.2) is 8.78 Å². The van der Waals surface area contributed by atoms with Gasteiger partial charge in [-0.2, -0.15) is 0 Å². The molecule has 2 N–H and O–H groups in total. The topological polar surface area (TPSA) is 32.3 Å². The SMILES string of the molecule is C[C@@H](NCC(O)c1ccc(F)c(F)c1)C1CCCCC1. The number of aliphatic hydroxyl groups excluding tert-OH is 1. The van der Waals surface area contributed by atoms with E-state index in [-0.39, 0.29) is 0 Å². The van der Waals surface area contributed by atoms with E-state index in [2.05, 4.69) is 12.2 Å². The van der Waals surface area contributed by atoms with Gasteiger partial charge in [-0.1, -0.05) is 25.3 Å². The lowest BCUT2D eigenvalue weighted by molar-refractivity contribution is 0.160. The van der Waals surface area contributed by atoms with Crippen LogP contribution in [0.15, 0.2) is 18.2 Å². The highest BCUT2D eigenvalue weighted by Gasteiger charge is 2.20. The second-order valence-corrected chi connectivity index (χ2v) is 5.78. The summed E-state index contributed by atoms with van der Waals surface area (Å²) in [5.41, 5.74) is 0.409. The number of halogens is 2. The molecule has 0 saturated heterocycles. The molecule has 4 heteroatoms. The molecule has 2 nitrogen and oxygen atoms in total. The Balaban J connectivity index is 1.84. The minimum absolute atomic E-state index is 0.343. The largest absolute Gasteiger partial charge is 0.387 e. The Bertz CT molecular complexity index is 432. The smallest absolute Gasteiger partial charge is 0.159 e. The van der Waals surface area contributed by atoms with Crippen LogP contribution in [0.5, 0.6) is 0 Å². The molecule has 1 aromatic rings. The van der Waals surface area contributed by atoms with Gasteiger partial charge in [0.1, 0.15) is 0 Å². The number of hydrogen-bond acceptors (Lipinski definition) is 2. The van der Waals surface area contributed by atoms with Crippen molar-refractivity contribution in [3.05, 3.63) is 35.4 Å². The maximum absolute atomic E-state index is 13.1. The lowest BCUT2D eigenvalue weighted by Gasteiger charge is -2.29. The molecular weight excluding hydrogens is 260 g/mol. The van der Waals surface area contributed by atoms with Gasteiger partial charge in [-0.15, -0.1) is 0 Å². The molecule has 1 aliphatic rings. The van der Waals surface area contributed by atoms with Crippen molar-refractivity contribution in [2.45, 2.75) is 51.2 Å². The predicted molar refractivity (Wildman–Crippen MR) is 75.4 cm³/mol. The Hall–Kier alpha value is -1.00. The van der Waals surface area contributed by atoms with Crippen LogP contribution in [0.25, 0.3) is 0 Å². The van der Waals surface area contributed by atoms with Crippen LogP contribution >= 0.6 is 0 Å². The van der Waals surface area contributed by atoms with E-state index in [1.54, 1.807) is 0 Å². The second kappa shape index (κ2) is 7.14. The van der Waals surface area contributed by atoms with Gasteiger partial charge in [0.05, 0.1) is 6.10 Å². The zero-order valence-electron chi connectivity index (χ0n) is 11.9. The predicted octanol–water partition coefficient (Wildman–Crippen LogP) is 3.56. The van der Waals surface area contributed by atoms with Crippen molar-refractivity contribution >= 4 is 0 Å². The van der Waals surface area contributed by atoms with Crippen molar-refractivity contribution in [3.63, 3.8) is 0 Å². The lowest BCUT2D eigenvalue weighted by atomic mass is 9.84. The minimum Gasteiger partial charge on any atom is -0.387 e. The van der Waals surface area contributed by atoms with Crippen molar-refractivity contribution in [1.82, 2.24) is 5.32 Å². The van der Waals surface area contributed by atoms with Crippen molar-refractivity contribution in [1.29, 1.82) is 0 Å². The van der Waals surface area contributed by atoms with Crippen molar-refractivity contribution in [2.75, 3.05) is 6.54 Å². The van der Waals surface area contributed by atoms with Gasteiger partial charge in [0.15, 0.2) is 11.6 Å². The first kappa shape index (κ1) is 15.4. The Morgan fingerprint density at radius 3 is 2.55 bits per heavy atom. The van der Waals surface area contributed by atoms with Crippen LogP contribution in [0.1, 0.15) is 50.7 Å². The third-order valence-corrected chi connectivity index (χ3v) is 4.32. The number of nitrogens with one attached hydrogen (secondary N) is 1. The van der Waals surface area contributed by atoms with Crippen molar-refractivity contribution < 1.29 is 13.9 Å². The van der Waals surface area contributed by atoms with Gasteiger partial charge in [0.25, 0.3) is 0 Å². The maximum Gasteiger partial charge on any atom is 0.159 e. The van der Waals surface area contributed by atoms with Gasteiger partial charge < -0.3 is 10.4 Å². The third-order valence-electron chi connectivity index (χ3n) is 4.32. The molecule has 1 saturated carbocycles. The quantitative estimate of drug-likeness (QED) is 0.866. The lowest BCUT2D eigenvalue weighted by Crippen LogP contribution is -2.37. The summed E-state index contributed by atoms with van der Waals surface area (Å²) in [6.45, 7) is 2.50. The second-order valence-electron chi connectivity index (χ2n) is 5.78. The molecule has 1 fully saturated rings. The highest BCUT2D eigenvalue weighted by molar-refractivity contribution is 5.20. The summed E-state index contributed by atoms with van der Waals surface area (Å²) in [4.78, 5) is 0. The maximum atomic E-state index is 13.1. The Morgan fingerprint density at radius 1 is 1.20 bits per heavy atom. The van der Waals surface area contributed by atoms with E-state index >= 15 is 0 Å². The van der Waals surface area contributed by atoms with E-state index in [0.717, 1.165) is 12.1 Å². The molecule has 0 heterocycles. The van der Waals surface area contributed by atoms with Gasteiger partial charge in [0.2, 0.25) is 0 Å². The van der Waals surface area contributed by atoms with Crippen molar-refractivity contribution in [3.8, 4) is 0 Å². The molecule has 1 aromatic carbocycles. The van der Waals surface area contributed by atoms with E-state index in [0.29, 0.717) is 24.1 Å². The summed E-state index contributed by atoms with van der Waals surface area (Å²) in [5.74, 6) is -1.15. The van der Waals surface area contributed by atoms with Crippen LogP contribution in [0.2, 0.25) is 0 Å². The molecule has 0 radical (unpaired) electrons. The van der Waals surface area contributed by atoms with Gasteiger partial charge in [-0.3, -0.25) is 0 Å². The summed E-state index contributed by atoms with van der Waals surface area (Å²) in [5, 5.41) is 13.3. The first-order chi connectivity index (χ1) is 9.58. The highest BCUT2D eigenvalue weighted by Crippen LogP contribution is 2.26. The summed E-state index contributed by atoms with van der Waals surface area (Å²) in [6.07, 6.45) is 5.53. The van der Waals surface area contributed by atoms with E-state index in [9.17, 15) is 13.9 Å². The first-order valence-electron chi connectivity index (χ1n) is 7.44. The average Bonchev–Trinajstić information content (AvgIpc) is 2.48. The standard InChI is InChI=1S/C16H23F2NO/c1-11(12-5-3-2-4-6-12)19-10-16(20)13-7-8-14(17)15(18)9-13/h7-9,11-12,16,19-20H,2-6,10H2,1H3/t11-,16?/m1/s1. The number of hydrogen-bond donors (Lipinski definition) is 2. The minimum atomic E-state index is -0.915. The monoisotopic (exact) mass is 283 g/mol. The molecular formula is C16H23F2NO. The van der Waals surface area contributed by atoms with E-state index < -0.39 is 17.7 Å². The molecule has 0 aliphatic heterocycles. The molecule has 1 aliphatic carbocycles.